The van der Waals surface area contributed by atoms with Gasteiger partial charge in [0.15, 0.2) is 0 Å². The molecule has 0 aliphatic carbocycles. The molecule has 0 radical (unpaired) electrons. The van der Waals surface area contributed by atoms with Crippen LogP contribution >= 0.6 is 23.2 Å². The number of halogens is 3. The Kier molecular flexibility index (Phi) is 5.27. The molecule has 116 valence electrons. The van der Waals surface area contributed by atoms with Crippen molar-refractivity contribution in [2.75, 3.05) is 10.6 Å². The maximum atomic E-state index is 13.2. The van der Waals surface area contributed by atoms with Crippen LogP contribution in [0.4, 0.5) is 15.8 Å². The van der Waals surface area contributed by atoms with Crippen LogP contribution in [0.15, 0.2) is 36.4 Å². The number of carbonyl (C=O) groups is 1. The average molecular weight is 341 g/mol. The first-order valence-corrected chi connectivity index (χ1v) is 7.41. The molecule has 2 aromatic rings. The maximum absolute atomic E-state index is 13.2. The molecule has 2 aromatic carbocycles. The van der Waals surface area contributed by atoms with E-state index >= 15 is 0 Å². The molecule has 0 aromatic heterocycles. The Bertz CT molecular complexity index is 707. The minimum atomic E-state index is -0.471. The van der Waals surface area contributed by atoms with Crippen LogP contribution in [0.25, 0.3) is 0 Å². The van der Waals surface area contributed by atoms with Crippen molar-refractivity contribution in [3.63, 3.8) is 0 Å². The van der Waals surface area contributed by atoms with Gasteiger partial charge in [-0.2, -0.15) is 0 Å². The molecule has 3 nitrogen and oxygen atoms in total. The van der Waals surface area contributed by atoms with Crippen molar-refractivity contribution in [1.82, 2.24) is 0 Å². The smallest absolute Gasteiger partial charge is 0.221 e. The Labute approximate surface area is 138 Å². The van der Waals surface area contributed by atoms with Gasteiger partial charge in [-0.3, -0.25) is 4.79 Å². The van der Waals surface area contributed by atoms with Crippen LogP contribution in [-0.2, 0) is 4.79 Å². The summed E-state index contributed by atoms with van der Waals surface area (Å²) in [6.45, 7) is 3.35. The summed E-state index contributed by atoms with van der Waals surface area (Å²) in [4.78, 5) is 11.3. The van der Waals surface area contributed by atoms with E-state index in [9.17, 15) is 9.18 Å². The van der Waals surface area contributed by atoms with Crippen molar-refractivity contribution in [1.29, 1.82) is 0 Å². The third-order valence-electron chi connectivity index (χ3n) is 3.09. The summed E-state index contributed by atoms with van der Waals surface area (Å²) in [5.74, 6) is -0.637. The number of hydrogen-bond donors (Lipinski definition) is 2. The lowest BCUT2D eigenvalue weighted by atomic mass is 10.1. The van der Waals surface area contributed by atoms with Gasteiger partial charge >= 0.3 is 0 Å². The number of amides is 1. The lowest BCUT2D eigenvalue weighted by Gasteiger charge is -2.20. The minimum Gasteiger partial charge on any atom is -0.378 e. The lowest BCUT2D eigenvalue weighted by Crippen LogP contribution is -2.13. The number of nitrogens with one attached hydrogen (secondary N) is 2. The molecule has 0 saturated heterocycles. The molecule has 0 aliphatic rings. The molecule has 0 aliphatic heterocycles. The van der Waals surface area contributed by atoms with Crippen molar-refractivity contribution in [2.24, 2.45) is 0 Å². The monoisotopic (exact) mass is 340 g/mol. The molecule has 2 rings (SSSR count). The van der Waals surface area contributed by atoms with E-state index in [0.717, 1.165) is 5.56 Å². The quantitative estimate of drug-likeness (QED) is 0.796. The number of rotatable bonds is 4. The van der Waals surface area contributed by atoms with Gasteiger partial charge in [-0.05, 0) is 48.9 Å². The van der Waals surface area contributed by atoms with Gasteiger partial charge in [0.25, 0.3) is 0 Å². The average Bonchev–Trinajstić information content (AvgIpc) is 2.44. The van der Waals surface area contributed by atoms with Crippen LogP contribution in [0.3, 0.4) is 0 Å². The fraction of sp³-hybridized carbons (Fsp3) is 0.188. The minimum absolute atomic E-state index is 0.0466. The van der Waals surface area contributed by atoms with E-state index in [2.05, 4.69) is 10.6 Å². The van der Waals surface area contributed by atoms with Crippen LogP contribution in [0.1, 0.15) is 25.5 Å². The first-order chi connectivity index (χ1) is 10.4. The molecule has 0 fully saturated rings. The number of anilines is 2. The Morgan fingerprint density at radius 2 is 1.91 bits per heavy atom. The van der Waals surface area contributed by atoms with Crippen molar-refractivity contribution < 1.29 is 9.18 Å². The molecule has 1 amide bonds. The highest BCUT2D eigenvalue weighted by atomic mass is 35.5. The molecule has 0 heterocycles. The second-order valence-electron chi connectivity index (χ2n) is 4.91. The third kappa shape index (κ3) is 4.12. The van der Waals surface area contributed by atoms with Crippen molar-refractivity contribution in [3.05, 3.63) is 57.8 Å². The highest BCUT2D eigenvalue weighted by Crippen LogP contribution is 2.30. The Morgan fingerprint density at radius 1 is 1.18 bits per heavy atom. The molecule has 0 spiro atoms. The molecule has 22 heavy (non-hydrogen) atoms. The van der Waals surface area contributed by atoms with E-state index < -0.39 is 5.82 Å². The first-order valence-electron chi connectivity index (χ1n) is 6.65. The summed E-state index contributed by atoms with van der Waals surface area (Å²) in [6.07, 6.45) is 0. The summed E-state index contributed by atoms with van der Waals surface area (Å²) < 4.78 is 13.2. The van der Waals surface area contributed by atoms with Gasteiger partial charge in [0.1, 0.15) is 5.82 Å². The molecule has 1 unspecified atom stereocenters. The van der Waals surface area contributed by atoms with Crippen LogP contribution in [0, 0.1) is 5.82 Å². The van der Waals surface area contributed by atoms with Gasteiger partial charge < -0.3 is 10.6 Å². The van der Waals surface area contributed by atoms with Gasteiger partial charge in [0.2, 0.25) is 5.91 Å². The van der Waals surface area contributed by atoms with Gasteiger partial charge in [-0.25, -0.2) is 4.39 Å². The highest BCUT2D eigenvalue weighted by molar-refractivity contribution is 6.31. The fourth-order valence-electron chi connectivity index (χ4n) is 2.11. The molecular formula is C16H15Cl2FN2O. The number of benzene rings is 2. The van der Waals surface area contributed by atoms with Crippen molar-refractivity contribution in [2.45, 2.75) is 19.9 Å². The maximum Gasteiger partial charge on any atom is 0.221 e. The van der Waals surface area contributed by atoms with Gasteiger partial charge in [-0.15, -0.1) is 0 Å². The van der Waals surface area contributed by atoms with E-state index in [1.165, 1.54) is 19.1 Å². The van der Waals surface area contributed by atoms with E-state index in [0.29, 0.717) is 16.4 Å². The zero-order valence-corrected chi connectivity index (χ0v) is 13.6. The van der Waals surface area contributed by atoms with Crippen LogP contribution in [0.2, 0.25) is 10.0 Å². The van der Waals surface area contributed by atoms with Crippen LogP contribution < -0.4 is 10.6 Å². The van der Waals surface area contributed by atoms with E-state index in [1.807, 2.05) is 6.92 Å². The zero-order chi connectivity index (χ0) is 16.3. The molecule has 1 atom stereocenters. The van der Waals surface area contributed by atoms with Crippen molar-refractivity contribution in [3.8, 4) is 0 Å². The second-order valence-corrected chi connectivity index (χ2v) is 5.75. The first kappa shape index (κ1) is 16.6. The fourth-order valence-corrected chi connectivity index (χ4v) is 2.47. The molecule has 0 saturated carbocycles. The summed E-state index contributed by atoms with van der Waals surface area (Å²) in [5, 5.41) is 6.58. The van der Waals surface area contributed by atoms with E-state index in [-0.39, 0.29) is 17.0 Å². The zero-order valence-electron chi connectivity index (χ0n) is 12.1. The lowest BCUT2D eigenvalue weighted by molar-refractivity contribution is -0.114. The van der Waals surface area contributed by atoms with E-state index in [4.69, 9.17) is 23.2 Å². The summed E-state index contributed by atoms with van der Waals surface area (Å²) in [6, 6.07) is 9.46. The van der Waals surface area contributed by atoms with E-state index in [1.54, 1.807) is 24.3 Å². The predicted molar refractivity (Wildman–Crippen MR) is 89.2 cm³/mol. The van der Waals surface area contributed by atoms with Crippen LogP contribution in [-0.4, -0.2) is 5.91 Å². The summed E-state index contributed by atoms with van der Waals surface area (Å²) in [5.41, 5.74) is 2.17. The molecular weight excluding hydrogens is 326 g/mol. The van der Waals surface area contributed by atoms with Gasteiger partial charge in [0.05, 0.1) is 11.1 Å². The standard InChI is InChI=1S/C16H15Cl2FN2O/c1-9(20-12-4-5-15(19)14(18)8-12)13-7-11(17)3-6-16(13)21-10(2)22/h3-9,20H,1-2H3,(H,21,22). The molecule has 2 N–H and O–H groups in total. The Hall–Kier alpha value is -1.78. The van der Waals surface area contributed by atoms with Crippen molar-refractivity contribution >= 4 is 40.5 Å². The topological polar surface area (TPSA) is 41.1 Å². The highest BCUT2D eigenvalue weighted by Gasteiger charge is 2.13. The summed E-state index contributed by atoms with van der Waals surface area (Å²) >= 11 is 11.8. The Balaban J connectivity index is 2.27. The predicted octanol–water partition coefficient (Wildman–Crippen LogP) is 5.26. The molecule has 6 heteroatoms. The molecule has 0 bridgehead atoms. The van der Waals surface area contributed by atoms with Crippen LogP contribution in [0.5, 0.6) is 0 Å². The van der Waals surface area contributed by atoms with Gasteiger partial charge in [0, 0.05) is 23.3 Å². The third-order valence-corrected chi connectivity index (χ3v) is 3.62. The number of hydrogen-bond acceptors (Lipinski definition) is 2. The SMILES string of the molecule is CC(=O)Nc1ccc(Cl)cc1C(C)Nc1ccc(F)c(Cl)c1. The normalized spacial score (nSPS) is 11.9. The summed E-state index contributed by atoms with van der Waals surface area (Å²) in [7, 11) is 0. The largest absolute Gasteiger partial charge is 0.378 e. The van der Waals surface area contributed by atoms with Gasteiger partial charge in [-0.1, -0.05) is 23.2 Å². The Morgan fingerprint density at radius 3 is 2.55 bits per heavy atom. The number of carbonyl (C=O) groups excluding carboxylic acids is 1. The second kappa shape index (κ2) is 6.99.